The number of ether oxygens (including phenoxy) is 2. The lowest BCUT2D eigenvalue weighted by atomic mass is 9.97. The van der Waals surface area contributed by atoms with E-state index in [2.05, 4.69) is 0 Å². The van der Waals surface area contributed by atoms with Gasteiger partial charge in [0.25, 0.3) is 0 Å². The molecule has 0 saturated carbocycles. The van der Waals surface area contributed by atoms with Gasteiger partial charge in [0.2, 0.25) is 0 Å². The second kappa shape index (κ2) is 7.51. The normalized spacial score (nSPS) is 11.1. The van der Waals surface area contributed by atoms with Crippen LogP contribution in [0.25, 0.3) is 11.1 Å². The Kier molecular flexibility index (Phi) is 5.62. The molecule has 0 aromatic heterocycles. The number of hydrogen-bond donors (Lipinski definition) is 0. The monoisotopic (exact) mass is 340 g/mol. The van der Waals surface area contributed by atoms with E-state index in [9.17, 15) is 9.59 Å². The summed E-state index contributed by atoms with van der Waals surface area (Å²) in [6, 6.07) is 12.8. The van der Waals surface area contributed by atoms with Crippen LogP contribution in [0.2, 0.25) is 0 Å². The van der Waals surface area contributed by atoms with Crippen molar-refractivity contribution in [2.24, 2.45) is 5.41 Å². The van der Waals surface area contributed by atoms with Gasteiger partial charge in [0.15, 0.2) is 0 Å². The molecule has 0 radical (unpaired) electrons. The maximum atomic E-state index is 12.3. The molecule has 0 saturated heterocycles. The lowest BCUT2D eigenvalue weighted by molar-refractivity contribution is -0.142. The highest BCUT2D eigenvalue weighted by Crippen LogP contribution is 2.32. The fourth-order valence-corrected chi connectivity index (χ4v) is 2.21. The van der Waals surface area contributed by atoms with Gasteiger partial charge in [0.1, 0.15) is 5.75 Å². The molecule has 0 spiro atoms. The minimum absolute atomic E-state index is 0.289. The molecule has 0 aliphatic carbocycles. The lowest BCUT2D eigenvalue weighted by Crippen LogP contribution is -2.25. The van der Waals surface area contributed by atoms with Crippen LogP contribution in [0, 0.1) is 12.3 Å². The van der Waals surface area contributed by atoms with Crippen LogP contribution in [0.3, 0.4) is 0 Å². The molecule has 132 valence electrons. The van der Waals surface area contributed by atoms with Crippen LogP contribution in [0.4, 0.5) is 0 Å². The molecule has 0 amide bonds. The Morgan fingerprint density at radius 3 is 2.20 bits per heavy atom. The maximum absolute atomic E-state index is 12.3. The van der Waals surface area contributed by atoms with Crippen LogP contribution in [0.5, 0.6) is 5.75 Å². The summed E-state index contributed by atoms with van der Waals surface area (Å²) < 4.78 is 10.6. The molecule has 0 heterocycles. The molecule has 0 aliphatic heterocycles. The summed E-state index contributed by atoms with van der Waals surface area (Å²) in [5.41, 5.74) is 2.58. The third-order valence-electron chi connectivity index (χ3n) is 3.66. The van der Waals surface area contributed by atoms with Gasteiger partial charge in [-0.2, -0.15) is 0 Å². The first-order valence-corrected chi connectivity index (χ1v) is 8.33. The zero-order valence-corrected chi connectivity index (χ0v) is 15.4. The summed E-state index contributed by atoms with van der Waals surface area (Å²) in [5.74, 6) is -0.122. The second-order valence-corrected chi connectivity index (χ2v) is 6.94. The van der Waals surface area contributed by atoms with Crippen LogP contribution in [-0.4, -0.2) is 18.5 Å². The zero-order valence-electron chi connectivity index (χ0n) is 15.4. The van der Waals surface area contributed by atoms with Crippen LogP contribution in [0.15, 0.2) is 42.5 Å². The molecule has 0 bridgehead atoms. The number of rotatable bonds is 4. The zero-order chi connectivity index (χ0) is 18.6. The van der Waals surface area contributed by atoms with E-state index >= 15 is 0 Å². The minimum atomic E-state index is -0.589. The van der Waals surface area contributed by atoms with Gasteiger partial charge in [0.05, 0.1) is 17.6 Å². The highest BCUT2D eigenvalue weighted by Gasteiger charge is 2.25. The van der Waals surface area contributed by atoms with Crippen LogP contribution >= 0.6 is 0 Å². The van der Waals surface area contributed by atoms with E-state index < -0.39 is 5.41 Å². The third-order valence-corrected chi connectivity index (χ3v) is 3.66. The third kappa shape index (κ3) is 4.69. The Hall–Kier alpha value is -2.62. The van der Waals surface area contributed by atoms with Crippen LogP contribution in [-0.2, 0) is 9.53 Å². The van der Waals surface area contributed by atoms with E-state index in [1.54, 1.807) is 19.1 Å². The van der Waals surface area contributed by atoms with Gasteiger partial charge in [-0.3, -0.25) is 4.79 Å². The van der Waals surface area contributed by atoms with Crippen LogP contribution in [0.1, 0.15) is 43.6 Å². The molecule has 2 aromatic carbocycles. The van der Waals surface area contributed by atoms with E-state index in [1.807, 2.05) is 58.0 Å². The number of benzene rings is 2. The molecule has 4 nitrogen and oxygen atoms in total. The van der Waals surface area contributed by atoms with E-state index in [4.69, 9.17) is 9.47 Å². The Bertz CT molecular complexity index is 767. The minimum Gasteiger partial charge on any atom is -0.462 e. The second-order valence-electron chi connectivity index (χ2n) is 6.94. The molecular formula is C21H24O4. The smallest absolute Gasteiger partial charge is 0.338 e. The molecule has 0 N–H and O–H groups in total. The Labute approximate surface area is 148 Å². The van der Waals surface area contributed by atoms with Crippen molar-refractivity contribution in [1.82, 2.24) is 0 Å². The average Bonchev–Trinajstić information content (AvgIpc) is 2.54. The van der Waals surface area contributed by atoms with Crippen molar-refractivity contribution in [1.29, 1.82) is 0 Å². The van der Waals surface area contributed by atoms with Crippen molar-refractivity contribution in [3.63, 3.8) is 0 Å². The predicted molar refractivity (Wildman–Crippen MR) is 97.7 cm³/mol. The van der Waals surface area contributed by atoms with Crippen molar-refractivity contribution in [3.05, 3.63) is 53.6 Å². The van der Waals surface area contributed by atoms with Gasteiger partial charge < -0.3 is 9.47 Å². The van der Waals surface area contributed by atoms with Crippen LogP contribution < -0.4 is 4.74 Å². The fourth-order valence-electron chi connectivity index (χ4n) is 2.21. The highest BCUT2D eigenvalue weighted by atomic mass is 16.5. The molecule has 0 fully saturated rings. The first kappa shape index (κ1) is 18.7. The lowest BCUT2D eigenvalue weighted by Gasteiger charge is -2.18. The Morgan fingerprint density at radius 1 is 1.00 bits per heavy atom. The van der Waals surface area contributed by atoms with E-state index in [-0.39, 0.29) is 11.9 Å². The largest absolute Gasteiger partial charge is 0.462 e. The Morgan fingerprint density at radius 2 is 1.64 bits per heavy atom. The first-order valence-electron chi connectivity index (χ1n) is 8.33. The molecule has 0 unspecified atom stereocenters. The quantitative estimate of drug-likeness (QED) is 0.593. The van der Waals surface area contributed by atoms with Crippen molar-refractivity contribution in [2.45, 2.75) is 34.6 Å². The Balaban J connectivity index is 2.36. The topological polar surface area (TPSA) is 52.6 Å². The van der Waals surface area contributed by atoms with Gasteiger partial charge in [0, 0.05) is 5.56 Å². The summed E-state index contributed by atoms with van der Waals surface area (Å²) in [5, 5.41) is 0. The number of esters is 2. The molecule has 0 atom stereocenters. The SMILES string of the molecule is CCOC(=O)c1ccc(-c2ccc(C)cc2OC(=O)C(C)(C)C)cc1. The van der Waals surface area contributed by atoms with Gasteiger partial charge >= 0.3 is 11.9 Å². The number of carbonyl (C=O) groups excluding carboxylic acids is 2. The average molecular weight is 340 g/mol. The van der Waals surface area contributed by atoms with Gasteiger partial charge in [-0.1, -0.05) is 24.3 Å². The molecule has 0 aliphatic rings. The molecule has 4 heteroatoms. The summed E-state index contributed by atoms with van der Waals surface area (Å²) in [6.45, 7) is 9.51. The van der Waals surface area contributed by atoms with E-state index in [0.717, 1.165) is 16.7 Å². The fraction of sp³-hybridized carbons (Fsp3) is 0.333. The predicted octanol–water partition coefficient (Wildman–Crippen LogP) is 4.79. The van der Waals surface area contributed by atoms with Crippen molar-refractivity contribution in [3.8, 4) is 16.9 Å². The van der Waals surface area contributed by atoms with E-state index in [1.165, 1.54) is 0 Å². The van der Waals surface area contributed by atoms with E-state index in [0.29, 0.717) is 17.9 Å². The summed E-state index contributed by atoms with van der Waals surface area (Å²) >= 11 is 0. The first-order chi connectivity index (χ1) is 11.7. The number of carbonyl (C=O) groups is 2. The molecule has 2 rings (SSSR count). The van der Waals surface area contributed by atoms with Gasteiger partial charge in [-0.15, -0.1) is 0 Å². The standard InChI is InChI=1S/C21H24O4/c1-6-24-19(22)16-10-8-15(9-11-16)17-12-7-14(2)13-18(17)25-20(23)21(3,4)5/h7-13H,6H2,1-5H3. The maximum Gasteiger partial charge on any atom is 0.338 e. The highest BCUT2D eigenvalue weighted by molar-refractivity contribution is 5.90. The number of hydrogen-bond acceptors (Lipinski definition) is 4. The van der Waals surface area contributed by atoms with Crippen molar-refractivity contribution in [2.75, 3.05) is 6.61 Å². The molecule has 25 heavy (non-hydrogen) atoms. The molecular weight excluding hydrogens is 316 g/mol. The van der Waals surface area contributed by atoms with Gasteiger partial charge in [-0.25, -0.2) is 4.79 Å². The van der Waals surface area contributed by atoms with Crippen molar-refractivity contribution >= 4 is 11.9 Å². The van der Waals surface area contributed by atoms with Gasteiger partial charge in [-0.05, 0) is 63.9 Å². The summed E-state index contributed by atoms with van der Waals surface area (Å²) in [7, 11) is 0. The molecule has 2 aromatic rings. The summed E-state index contributed by atoms with van der Waals surface area (Å²) in [6.07, 6.45) is 0. The van der Waals surface area contributed by atoms with Crippen molar-refractivity contribution < 1.29 is 19.1 Å². The summed E-state index contributed by atoms with van der Waals surface area (Å²) in [4.78, 5) is 24.0. The number of aryl methyl sites for hydroxylation is 1.